The molecule has 0 radical (unpaired) electrons. The van der Waals surface area contributed by atoms with Crippen LogP contribution in [0.25, 0.3) is 0 Å². The summed E-state index contributed by atoms with van der Waals surface area (Å²) in [5, 5.41) is 8.78. The molecular weight excluding hydrogens is 484 g/mol. The Morgan fingerprint density at radius 2 is 1.15 bits per heavy atom. The maximum absolute atomic E-state index is 12.5. The topological polar surface area (TPSA) is 63.6 Å². The third kappa shape index (κ3) is 30.3. The van der Waals surface area contributed by atoms with Crippen molar-refractivity contribution in [2.75, 3.05) is 0 Å². The highest BCUT2D eigenvalue weighted by Crippen LogP contribution is 2.14. The van der Waals surface area contributed by atoms with Gasteiger partial charge in [-0.1, -0.05) is 114 Å². The summed E-state index contributed by atoms with van der Waals surface area (Å²) >= 11 is 0. The van der Waals surface area contributed by atoms with Gasteiger partial charge in [0.05, 0.1) is 0 Å². The van der Waals surface area contributed by atoms with Crippen molar-refractivity contribution in [2.45, 2.75) is 161 Å². The minimum absolute atomic E-state index is 0.0994. The third-order valence-electron chi connectivity index (χ3n) is 6.77. The molecule has 0 aromatic heterocycles. The number of carbonyl (C=O) groups is 2. The molecule has 0 aliphatic heterocycles. The summed E-state index contributed by atoms with van der Waals surface area (Å²) in [6, 6.07) is 0. The summed E-state index contributed by atoms with van der Waals surface area (Å²) in [5.41, 5.74) is 0. The van der Waals surface area contributed by atoms with Crippen LogP contribution in [0, 0.1) is 0 Å². The molecule has 0 heterocycles. The highest BCUT2D eigenvalue weighted by Gasteiger charge is 2.11. The van der Waals surface area contributed by atoms with Gasteiger partial charge in [0, 0.05) is 12.8 Å². The molecule has 0 aromatic rings. The summed E-state index contributed by atoms with van der Waals surface area (Å²) in [6.45, 7) is 4.39. The van der Waals surface area contributed by atoms with E-state index in [-0.39, 0.29) is 18.5 Å². The number of carboxylic acids is 1. The average Bonchev–Trinajstić information content (AvgIpc) is 2.91. The summed E-state index contributed by atoms with van der Waals surface area (Å²) in [7, 11) is 0. The van der Waals surface area contributed by atoms with Crippen molar-refractivity contribution in [1.82, 2.24) is 0 Å². The van der Waals surface area contributed by atoms with Gasteiger partial charge >= 0.3 is 11.9 Å². The fraction of sp³-hybridized carbons (Fsp3) is 0.714. The summed E-state index contributed by atoms with van der Waals surface area (Å²) in [5.74, 6) is -0.832. The first kappa shape index (κ1) is 36.9. The van der Waals surface area contributed by atoms with Crippen LogP contribution in [-0.2, 0) is 14.3 Å². The molecule has 1 N–H and O–H groups in total. The average molecular weight is 545 g/mol. The minimum Gasteiger partial charge on any atom is -0.481 e. The lowest BCUT2D eigenvalue weighted by Crippen LogP contribution is -2.16. The molecule has 4 heteroatoms. The summed E-state index contributed by atoms with van der Waals surface area (Å²) in [6.07, 6.45) is 39.9. The smallest absolute Gasteiger partial charge is 0.306 e. The number of carboxylic acid groups (broad SMARTS) is 1. The zero-order valence-corrected chi connectivity index (χ0v) is 25.4. The van der Waals surface area contributed by atoms with Crippen LogP contribution in [0.2, 0.25) is 0 Å². The standard InChI is InChI=1S/C35H60O4/c1-3-5-7-9-11-13-14-15-16-17-18-20-22-28-32-35(38)39-33(30-26-23-24-27-31-34(36)37)29-25-21-19-12-10-8-6-4-2/h6,8,12,14-15,19,25,29,33H,3-5,7,9-11,13,16-18,20-24,26-28,30-32H2,1-2H3,(H,36,37)/b8-6-,15-14-,19-12-,29-25-. The number of unbranched alkanes of at least 4 members (excludes halogenated alkanes) is 13. The molecule has 0 saturated heterocycles. The largest absolute Gasteiger partial charge is 0.481 e. The Kier molecular flexibility index (Phi) is 28.8. The van der Waals surface area contributed by atoms with Crippen LogP contribution in [0.4, 0.5) is 0 Å². The first-order valence-electron chi connectivity index (χ1n) is 16.1. The Morgan fingerprint density at radius 1 is 0.615 bits per heavy atom. The number of aliphatic carboxylic acids is 1. The van der Waals surface area contributed by atoms with Crippen molar-refractivity contribution in [3.8, 4) is 0 Å². The van der Waals surface area contributed by atoms with Gasteiger partial charge in [0.1, 0.15) is 6.10 Å². The van der Waals surface area contributed by atoms with Crippen molar-refractivity contribution in [1.29, 1.82) is 0 Å². The van der Waals surface area contributed by atoms with Crippen molar-refractivity contribution in [2.24, 2.45) is 0 Å². The maximum atomic E-state index is 12.5. The number of esters is 1. The molecule has 224 valence electrons. The number of rotatable bonds is 28. The number of hydrogen-bond acceptors (Lipinski definition) is 3. The molecule has 0 aromatic carbocycles. The van der Waals surface area contributed by atoms with Gasteiger partial charge in [0.25, 0.3) is 0 Å². The Labute approximate surface area is 241 Å². The fourth-order valence-corrected chi connectivity index (χ4v) is 4.40. The maximum Gasteiger partial charge on any atom is 0.306 e. The number of allylic oxidation sites excluding steroid dienone is 7. The van der Waals surface area contributed by atoms with Crippen LogP contribution >= 0.6 is 0 Å². The van der Waals surface area contributed by atoms with Crippen molar-refractivity contribution in [3.05, 3.63) is 48.6 Å². The molecule has 0 fully saturated rings. The lowest BCUT2D eigenvalue weighted by atomic mass is 10.1. The van der Waals surface area contributed by atoms with Crippen LogP contribution < -0.4 is 0 Å². The molecule has 0 saturated carbocycles. The van der Waals surface area contributed by atoms with Crippen molar-refractivity contribution in [3.63, 3.8) is 0 Å². The van der Waals surface area contributed by atoms with Crippen molar-refractivity contribution < 1.29 is 19.4 Å². The molecule has 39 heavy (non-hydrogen) atoms. The highest BCUT2D eigenvalue weighted by atomic mass is 16.5. The van der Waals surface area contributed by atoms with Gasteiger partial charge in [-0.05, 0) is 76.7 Å². The molecule has 0 aliphatic carbocycles. The predicted molar refractivity (Wildman–Crippen MR) is 167 cm³/mol. The molecule has 0 rings (SSSR count). The Bertz CT molecular complexity index is 674. The summed E-state index contributed by atoms with van der Waals surface area (Å²) < 4.78 is 5.80. The number of carbonyl (C=O) groups excluding carboxylic acids is 1. The van der Waals surface area contributed by atoms with E-state index in [2.05, 4.69) is 56.4 Å². The first-order valence-corrected chi connectivity index (χ1v) is 16.1. The molecule has 1 unspecified atom stereocenters. The summed E-state index contributed by atoms with van der Waals surface area (Å²) in [4.78, 5) is 23.1. The van der Waals surface area contributed by atoms with Crippen LogP contribution in [0.1, 0.15) is 155 Å². The van der Waals surface area contributed by atoms with E-state index < -0.39 is 5.97 Å². The van der Waals surface area contributed by atoms with E-state index in [0.29, 0.717) is 12.8 Å². The molecule has 0 spiro atoms. The van der Waals surface area contributed by atoms with E-state index in [0.717, 1.165) is 57.8 Å². The second-order valence-corrected chi connectivity index (χ2v) is 10.6. The lowest BCUT2D eigenvalue weighted by molar-refractivity contribution is -0.147. The molecular formula is C35H60O4. The molecule has 0 amide bonds. The lowest BCUT2D eigenvalue weighted by Gasteiger charge is -2.14. The van der Waals surface area contributed by atoms with Crippen LogP contribution in [-0.4, -0.2) is 23.1 Å². The van der Waals surface area contributed by atoms with Gasteiger partial charge < -0.3 is 9.84 Å². The van der Waals surface area contributed by atoms with E-state index in [1.165, 1.54) is 64.2 Å². The molecule has 1 atom stereocenters. The van der Waals surface area contributed by atoms with Gasteiger partial charge in [0.2, 0.25) is 0 Å². The molecule has 4 nitrogen and oxygen atoms in total. The zero-order valence-electron chi connectivity index (χ0n) is 25.4. The highest BCUT2D eigenvalue weighted by molar-refractivity contribution is 5.69. The minimum atomic E-state index is -0.733. The second kappa shape index (κ2) is 30.4. The normalized spacial score (nSPS) is 12.9. The fourth-order valence-electron chi connectivity index (χ4n) is 4.40. The van der Waals surface area contributed by atoms with Crippen LogP contribution in [0.3, 0.4) is 0 Å². The van der Waals surface area contributed by atoms with Gasteiger partial charge in [-0.25, -0.2) is 0 Å². The zero-order chi connectivity index (χ0) is 28.7. The predicted octanol–water partition coefficient (Wildman–Crippen LogP) is 10.8. The Morgan fingerprint density at radius 3 is 1.79 bits per heavy atom. The molecule has 0 bridgehead atoms. The molecule has 0 aliphatic rings. The van der Waals surface area contributed by atoms with E-state index in [1.54, 1.807) is 0 Å². The van der Waals surface area contributed by atoms with E-state index in [4.69, 9.17) is 9.84 Å². The third-order valence-corrected chi connectivity index (χ3v) is 6.77. The SMILES string of the molecule is CC/C=C\C/C=C\C/C=C\C(CCCCCCC(=O)O)OC(=O)CCCCCCC/C=C\CCCCCCC. The van der Waals surface area contributed by atoms with Gasteiger partial charge in [-0.3, -0.25) is 9.59 Å². The monoisotopic (exact) mass is 544 g/mol. The quantitative estimate of drug-likeness (QED) is 0.0604. The van der Waals surface area contributed by atoms with Gasteiger partial charge in [0.15, 0.2) is 0 Å². The number of ether oxygens (including phenoxy) is 1. The Hall–Kier alpha value is -2.10. The second-order valence-electron chi connectivity index (χ2n) is 10.6. The van der Waals surface area contributed by atoms with E-state index in [9.17, 15) is 9.59 Å². The van der Waals surface area contributed by atoms with Crippen LogP contribution in [0.15, 0.2) is 48.6 Å². The van der Waals surface area contributed by atoms with Crippen LogP contribution in [0.5, 0.6) is 0 Å². The van der Waals surface area contributed by atoms with Crippen molar-refractivity contribution >= 4 is 11.9 Å². The van der Waals surface area contributed by atoms with Gasteiger partial charge in [-0.15, -0.1) is 0 Å². The Balaban J connectivity index is 4.12. The van der Waals surface area contributed by atoms with Gasteiger partial charge in [-0.2, -0.15) is 0 Å². The van der Waals surface area contributed by atoms with E-state index in [1.807, 2.05) is 6.08 Å². The van der Waals surface area contributed by atoms with E-state index >= 15 is 0 Å². The first-order chi connectivity index (χ1) is 19.1. The number of hydrogen-bond donors (Lipinski definition) is 1.